The Balaban J connectivity index is 1.65. The van der Waals surface area contributed by atoms with Gasteiger partial charge in [-0.3, -0.25) is 9.59 Å². The Morgan fingerprint density at radius 3 is 2.27 bits per heavy atom. The van der Waals surface area contributed by atoms with E-state index in [1.54, 1.807) is 4.90 Å². The molecular weight excluding hydrogens is 284 g/mol. The predicted molar refractivity (Wildman–Crippen MR) is 79.0 cm³/mol. The quantitative estimate of drug-likeness (QED) is 0.847. The molecule has 3 fully saturated rings. The number of hydrogen-bond donors (Lipinski definition) is 1. The standard InChI is InChI=1S/C16H24N2O4/c19-14(11-6-7-11)17-8-3-4-12(10-17)15(20)18-9-2-1-5-13(18)16(21)22/h11-13H,1-10H2,(H,21,22). The van der Waals surface area contributed by atoms with E-state index in [-0.39, 0.29) is 23.7 Å². The fourth-order valence-electron chi connectivity index (χ4n) is 3.65. The Bertz CT molecular complexity index is 475. The first kappa shape index (κ1) is 15.3. The zero-order chi connectivity index (χ0) is 15.7. The van der Waals surface area contributed by atoms with E-state index < -0.39 is 12.0 Å². The molecule has 0 bridgehead atoms. The third-order valence-corrected chi connectivity index (χ3v) is 5.08. The number of aliphatic carboxylic acids is 1. The fourth-order valence-corrected chi connectivity index (χ4v) is 3.65. The van der Waals surface area contributed by atoms with Gasteiger partial charge in [0, 0.05) is 25.6 Å². The van der Waals surface area contributed by atoms with Crippen LogP contribution >= 0.6 is 0 Å². The molecule has 2 aliphatic heterocycles. The summed E-state index contributed by atoms with van der Waals surface area (Å²) in [5, 5.41) is 9.32. The van der Waals surface area contributed by atoms with Crippen LogP contribution in [-0.4, -0.2) is 58.4 Å². The van der Waals surface area contributed by atoms with E-state index in [0.29, 0.717) is 19.5 Å². The maximum Gasteiger partial charge on any atom is 0.326 e. The molecule has 3 aliphatic rings. The average molecular weight is 308 g/mol. The molecule has 6 heteroatoms. The van der Waals surface area contributed by atoms with E-state index >= 15 is 0 Å². The van der Waals surface area contributed by atoms with E-state index in [1.807, 2.05) is 4.90 Å². The van der Waals surface area contributed by atoms with Gasteiger partial charge >= 0.3 is 5.97 Å². The molecule has 0 aromatic heterocycles. The minimum Gasteiger partial charge on any atom is -0.480 e. The van der Waals surface area contributed by atoms with E-state index in [2.05, 4.69) is 0 Å². The Morgan fingerprint density at radius 1 is 0.818 bits per heavy atom. The molecule has 2 atom stereocenters. The predicted octanol–water partition coefficient (Wildman–Crippen LogP) is 1.10. The number of likely N-dealkylation sites (tertiary alicyclic amines) is 2. The zero-order valence-electron chi connectivity index (χ0n) is 12.9. The van der Waals surface area contributed by atoms with Crippen LogP contribution in [0, 0.1) is 11.8 Å². The molecule has 0 aromatic carbocycles. The molecule has 0 radical (unpaired) electrons. The van der Waals surface area contributed by atoms with Crippen molar-refractivity contribution in [2.75, 3.05) is 19.6 Å². The van der Waals surface area contributed by atoms with Gasteiger partial charge in [-0.1, -0.05) is 0 Å². The lowest BCUT2D eigenvalue weighted by Crippen LogP contribution is -2.53. The van der Waals surface area contributed by atoms with Crippen molar-refractivity contribution in [3.63, 3.8) is 0 Å². The lowest BCUT2D eigenvalue weighted by atomic mass is 9.93. The summed E-state index contributed by atoms with van der Waals surface area (Å²) in [5.74, 6) is -0.840. The smallest absolute Gasteiger partial charge is 0.326 e. The van der Waals surface area contributed by atoms with Crippen LogP contribution in [0.5, 0.6) is 0 Å². The largest absolute Gasteiger partial charge is 0.480 e. The van der Waals surface area contributed by atoms with Crippen molar-refractivity contribution in [3.8, 4) is 0 Å². The van der Waals surface area contributed by atoms with Crippen LogP contribution in [-0.2, 0) is 14.4 Å². The summed E-state index contributed by atoms with van der Waals surface area (Å²) in [6.45, 7) is 1.74. The summed E-state index contributed by atoms with van der Waals surface area (Å²) in [6.07, 6.45) is 5.81. The summed E-state index contributed by atoms with van der Waals surface area (Å²) >= 11 is 0. The molecule has 2 heterocycles. The molecule has 1 saturated carbocycles. The molecular formula is C16H24N2O4. The lowest BCUT2D eigenvalue weighted by molar-refractivity contribution is -0.155. The van der Waals surface area contributed by atoms with Gasteiger partial charge in [0.2, 0.25) is 11.8 Å². The second-order valence-electron chi connectivity index (χ2n) is 6.78. The minimum atomic E-state index is -0.908. The van der Waals surface area contributed by atoms with Crippen molar-refractivity contribution in [2.45, 2.75) is 51.0 Å². The monoisotopic (exact) mass is 308 g/mol. The number of carboxylic acid groups (broad SMARTS) is 1. The van der Waals surface area contributed by atoms with Crippen molar-refractivity contribution >= 4 is 17.8 Å². The maximum absolute atomic E-state index is 12.7. The molecule has 1 N–H and O–H groups in total. The van der Waals surface area contributed by atoms with Gasteiger partial charge in [-0.25, -0.2) is 4.79 Å². The molecule has 0 spiro atoms. The summed E-state index contributed by atoms with van der Waals surface area (Å²) in [4.78, 5) is 39.7. The number of rotatable bonds is 3. The van der Waals surface area contributed by atoms with E-state index in [0.717, 1.165) is 45.1 Å². The number of amides is 2. The topological polar surface area (TPSA) is 77.9 Å². The van der Waals surface area contributed by atoms with Gasteiger partial charge in [-0.15, -0.1) is 0 Å². The molecule has 22 heavy (non-hydrogen) atoms. The van der Waals surface area contributed by atoms with Gasteiger partial charge in [-0.05, 0) is 44.9 Å². The van der Waals surface area contributed by atoms with Gasteiger partial charge < -0.3 is 14.9 Å². The highest BCUT2D eigenvalue weighted by molar-refractivity contribution is 5.86. The highest BCUT2D eigenvalue weighted by Crippen LogP contribution is 2.33. The first-order chi connectivity index (χ1) is 10.6. The van der Waals surface area contributed by atoms with Crippen molar-refractivity contribution < 1.29 is 19.5 Å². The number of carboxylic acids is 1. The molecule has 0 aromatic rings. The molecule has 3 rings (SSSR count). The summed E-state index contributed by atoms with van der Waals surface area (Å²) in [5.41, 5.74) is 0. The van der Waals surface area contributed by atoms with Gasteiger partial charge in [0.05, 0.1) is 5.92 Å². The van der Waals surface area contributed by atoms with E-state index in [9.17, 15) is 19.5 Å². The van der Waals surface area contributed by atoms with E-state index in [4.69, 9.17) is 0 Å². The van der Waals surface area contributed by atoms with Gasteiger partial charge in [0.1, 0.15) is 6.04 Å². The zero-order valence-corrected chi connectivity index (χ0v) is 12.9. The van der Waals surface area contributed by atoms with Crippen molar-refractivity contribution in [2.24, 2.45) is 11.8 Å². The lowest BCUT2D eigenvalue weighted by Gasteiger charge is -2.39. The normalized spacial score (nSPS) is 29.3. The fraction of sp³-hybridized carbons (Fsp3) is 0.812. The van der Waals surface area contributed by atoms with Crippen molar-refractivity contribution in [1.82, 2.24) is 9.80 Å². The number of nitrogens with zero attached hydrogens (tertiary/aromatic N) is 2. The van der Waals surface area contributed by atoms with Gasteiger partial charge in [-0.2, -0.15) is 0 Å². The number of piperidine rings is 2. The highest BCUT2D eigenvalue weighted by Gasteiger charge is 2.40. The number of carbonyl (C=O) groups excluding carboxylic acids is 2. The van der Waals surface area contributed by atoms with Crippen LogP contribution in [0.3, 0.4) is 0 Å². The third kappa shape index (κ3) is 3.10. The third-order valence-electron chi connectivity index (χ3n) is 5.08. The van der Waals surface area contributed by atoms with Gasteiger partial charge in [0.25, 0.3) is 0 Å². The average Bonchev–Trinajstić information content (AvgIpc) is 3.38. The van der Waals surface area contributed by atoms with E-state index in [1.165, 1.54) is 0 Å². The first-order valence-electron chi connectivity index (χ1n) is 8.40. The van der Waals surface area contributed by atoms with Crippen LogP contribution in [0.1, 0.15) is 44.9 Å². The SMILES string of the molecule is O=C(O)C1CCCCN1C(=O)C1CCCN(C(=O)C2CC2)C1. The van der Waals surface area contributed by atoms with Crippen molar-refractivity contribution in [1.29, 1.82) is 0 Å². The summed E-state index contributed by atoms with van der Waals surface area (Å²) in [7, 11) is 0. The number of carbonyl (C=O) groups is 3. The van der Waals surface area contributed by atoms with Crippen molar-refractivity contribution in [3.05, 3.63) is 0 Å². The maximum atomic E-state index is 12.7. The van der Waals surface area contributed by atoms with Crippen LogP contribution in [0.25, 0.3) is 0 Å². The first-order valence-corrected chi connectivity index (χ1v) is 8.40. The molecule has 6 nitrogen and oxygen atoms in total. The Morgan fingerprint density at radius 2 is 1.59 bits per heavy atom. The molecule has 2 amide bonds. The summed E-state index contributed by atoms with van der Waals surface area (Å²) in [6, 6.07) is -0.684. The molecule has 2 saturated heterocycles. The van der Waals surface area contributed by atoms with Crippen LogP contribution in [0.2, 0.25) is 0 Å². The van der Waals surface area contributed by atoms with Crippen LogP contribution in [0.15, 0.2) is 0 Å². The Kier molecular flexibility index (Phi) is 4.36. The second-order valence-corrected chi connectivity index (χ2v) is 6.78. The molecule has 122 valence electrons. The van der Waals surface area contributed by atoms with Gasteiger partial charge in [0.15, 0.2) is 0 Å². The molecule has 1 aliphatic carbocycles. The molecule has 2 unspecified atom stereocenters. The Labute approximate surface area is 130 Å². The van der Waals surface area contributed by atoms with Crippen LogP contribution in [0.4, 0.5) is 0 Å². The van der Waals surface area contributed by atoms with Crippen LogP contribution < -0.4 is 0 Å². The summed E-state index contributed by atoms with van der Waals surface area (Å²) < 4.78 is 0. The Hall–Kier alpha value is -1.59. The second kappa shape index (κ2) is 6.26. The number of hydrogen-bond acceptors (Lipinski definition) is 3. The minimum absolute atomic E-state index is 0.0691. The highest BCUT2D eigenvalue weighted by atomic mass is 16.4.